The molecule has 0 fully saturated rings. The van der Waals surface area contributed by atoms with Crippen molar-refractivity contribution < 1.29 is 13.2 Å². The average Bonchev–Trinajstić information content (AvgIpc) is 2.04. The molecular formula is C8H6F3NS. The predicted octanol–water partition coefficient (Wildman–Crippen LogP) is 3.11. The van der Waals surface area contributed by atoms with E-state index in [1.165, 1.54) is 12.2 Å². The zero-order chi connectivity index (χ0) is 9.90. The smallest absolute Gasteiger partial charge is 0.195 e. The Morgan fingerprint density at radius 2 is 2.23 bits per heavy atom. The molecule has 0 saturated carbocycles. The van der Waals surface area contributed by atoms with E-state index in [1.807, 2.05) is 5.16 Å². The van der Waals surface area contributed by atoms with Crippen LogP contribution in [0.4, 0.5) is 13.2 Å². The van der Waals surface area contributed by atoms with Crippen LogP contribution in [0.1, 0.15) is 6.42 Å². The molecule has 0 saturated heterocycles. The molecule has 0 aromatic carbocycles. The fourth-order valence-electron chi connectivity index (χ4n) is 1.02. The second kappa shape index (κ2) is 3.85. The summed E-state index contributed by atoms with van der Waals surface area (Å²) in [6.07, 6.45) is -0.239. The summed E-state index contributed by atoms with van der Waals surface area (Å²) in [5.74, 6) is -1.44. The Labute approximate surface area is 78.7 Å². The molecule has 0 spiro atoms. The van der Waals surface area contributed by atoms with Crippen molar-refractivity contribution in [1.29, 1.82) is 0 Å². The Morgan fingerprint density at radius 3 is 2.77 bits per heavy atom. The molecule has 0 aromatic rings. The van der Waals surface area contributed by atoms with Crippen LogP contribution in [-0.2, 0) is 0 Å². The van der Waals surface area contributed by atoms with Crippen molar-refractivity contribution in [1.82, 2.24) is 0 Å². The van der Waals surface area contributed by atoms with E-state index in [-0.39, 0.29) is 12.1 Å². The molecule has 1 atom stereocenters. The Hall–Kier alpha value is -0.930. The lowest BCUT2D eigenvalue weighted by Gasteiger charge is -2.17. The van der Waals surface area contributed by atoms with Gasteiger partial charge in [0.25, 0.3) is 0 Å². The van der Waals surface area contributed by atoms with Gasteiger partial charge in [0, 0.05) is 0 Å². The normalized spacial score (nSPS) is 22.1. The van der Waals surface area contributed by atoms with Gasteiger partial charge in [0.15, 0.2) is 0 Å². The molecule has 70 valence electrons. The number of thiocarbonyl (C=S) groups is 1. The maximum atomic E-state index is 12.2. The van der Waals surface area contributed by atoms with Crippen LogP contribution in [0.15, 0.2) is 28.9 Å². The zero-order valence-corrected chi connectivity index (χ0v) is 7.32. The van der Waals surface area contributed by atoms with E-state index in [0.29, 0.717) is 0 Å². The fourth-order valence-corrected chi connectivity index (χ4v) is 1.13. The van der Waals surface area contributed by atoms with E-state index in [4.69, 9.17) is 0 Å². The van der Waals surface area contributed by atoms with Crippen LogP contribution in [0, 0.1) is 5.92 Å². The number of aliphatic imine (C=N–C) groups is 1. The minimum absolute atomic E-state index is 0.0278. The van der Waals surface area contributed by atoms with E-state index in [1.54, 1.807) is 0 Å². The molecule has 1 nitrogen and oxygen atoms in total. The molecule has 0 bridgehead atoms. The minimum Gasteiger partial charge on any atom is -0.195 e. The monoisotopic (exact) mass is 205 g/mol. The number of nitrogens with zero attached hydrogens (tertiary/aromatic N) is 1. The van der Waals surface area contributed by atoms with Crippen molar-refractivity contribution >= 4 is 17.4 Å². The van der Waals surface area contributed by atoms with Gasteiger partial charge in [-0.05, 0) is 30.8 Å². The summed E-state index contributed by atoms with van der Waals surface area (Å²) in [6.45, 7) is 0. The summed E-state index contributed by atoms with van der Waals surface area (Å²) in [5, 5.41) is 2.03. The number of rotatable bonds is 1. The Kier molecular flexibility index (Phi) is 3.01. The quantitative estimate of drug-likeness (QED) is 0.473. The van der Waals surface area contributed by atoms with Gasteiger partial charge in [-0.1, -0.05) is 6.08 Å². The predicted molar refractivity (Wildman–Crippen MR) is 46.4 cm³/mol. The highest BCUT2D eigenvalue weighted by atomic mass is 32.1. The first-order chi connectivity index (χ1) is 6.04. The lowest BCUT2D eigenvalue weighted by Crippen LogP contribution is -2.21. The van der Waals surface area contributed by atoms with E-state index in [9.17, 15) is 13.2 Å². The van der Waals surface area contributed by atoms with Crippen molar-refractivity contribution in [3.05, 3.63) is 23.9 Å². The number of alkyl halides is 3. The average molecular weight is 205 g/mol. The first-order valence-electron chi connectivity index (χ1n) is 3.57. The number of hydrogen-bond acceptors (Lipinski definition) is 2. The van der Waals surface area contributed by atoms with Crippen molar-refractivity contribution in [2.24, 2.45) is 10.9 Å². The topological polar surface area (TPSA) is 12.4 Å². The zero-order valence-electron chi connectivity index (χ0n) is 6.51. The van der Waals surface area contributed by atoms with Gasteiger partial charge >= 0.3 is 6.18 Å². The molecule has 0 aliphatic heterocycles. The van der Waals surface area contributed by atoms with Crippen LogP contribution in [0.2, 0.25) is 0 Å². The summed E-state index contributed by atoms with van der Waals surface area (Å²) in [4.78, 5) is 3.49. The number of hydrogen-bond donors (Lipinski definition) is 0. The molecule has 0 radical (unpaired) electrons. The number of halogens is 3. The SMILES string of the molecule is FC(F)(F)C1C=C(N=C=S)C=CC1. The molecule has 0 aromatic heterocycles. The van der Waals surface area contributed by atoms with E-state index in [0.717, 1.165) is 6.08 Å². The van der Waals surface area contributed by atoms with Crippen molar-refractivity contribution in [3.8, 4) is 0 Å². The molecule has 5 heteroatoms. The lowest BCUT2D eigenvalue weighted by atomic mass is 9.99. The van der Waals surface area contributed by atoms with E-state index < -0.39 is 12.1 Å². The van der Waals surface area contributed by atoms with Gasteiger partial charge in [0.2, 0.25) is 0 Å². The summed E-state index contributed by atoms with van der Waals surface area (Å²) >= 11 is 4.29. The standard InChI is InChI=1S/C8H6F3NS/c9-8(10,11)6-2-1-3-7(4-6)12-5-13/h1,3-4,6H,2H2. The van der Waals surface area contributed by atoms with Gasteiger partial charge in [-0.15, -0.1) is 0 Å². The molecule has 0 amide bonds. The highest BCUT2D eigenvalue weighted by Gasteiger charge is 2.38. The third kappa shape index (κ3) is 2.79. The Bertz CT molecular complexity index is 297. The van der Waals surface area contributed by atoms with Crippen LogP contribution < -0.4 is 0 Å². The molecule has 1 rings (SSSR count). The third-order valence-corrected chi connectivity index (χ3v) is 1.74. The summed E-state index contributed by atoms with van der Waals surface area (Å²) < 4.78 is 36.6. The van der Waals surface area contributed by atoms with Crippen LogP contribution >= 0.6 is 12.2 Å². The van der Waals surface area contributed by atoms with Gasteiger partial charge in [0.1, 0.15) is 0 Å². The van der Waals surface area contributed by atoms with Crippen LogP contribution in [-0.4, -0.2) is 11.3 Å². The van der Waals surface area contributed by atoms with Crippen molar-refractivity contribution in [2.45, 2.75) is 12.6 Å². The maximum absolute atomic E-state index is 12.2. The molecule has 13 heavy (non-hydrogen) atoms. The minimum atomic E-state index is -4.20. The van der Waals surface area contributed by atoms with Crippen LogP contribution in [0.3, 0.4) is 0 Å². The van der Waals surface area contributed by atoms with Crippen molar-refractivity contribution in [3.63, 3.8) is 0 Å². The third-order valence-electron chi connectivity index (χ3n) is 1.65. The van der Waals surface area contributed by atoms with Crippen molar-refractivity contribution in [2.75, 3.05) is 0 Å². The fraction of sp³-hybridized carbons (Fsp3) is 0.375. The Morgan fingerprint density at radius 1 is 1.54 bits per heavy atom. The first kappa shape index (κ1) is 10.2. The van der Waals surface area contributed by atoms with Gasteiger partial charge in [-0.2, -0.15) is 18.2 Å². The Balaban J connectivity index is 2.84. The first-order valence-corrected chi connectivity index (χ1v) is 3.98. The molecule has 1 aliphatic rings. The molecule has 0 heterocycles. The molecule has 0 N–H and O–H groups in total. The summed E-state index contributed by atoms with van der Waals surface area (Å²) in [5.41, 5.74) is 0.226. The highest BCUT2D eigenvalue weighted by Crippen LogP contribution is 2.33. The van der Waals surface area contributed by atoms with Crippen LogP contribution in [0.25, 0.3) is 0 Å². The highest BCUT2D eigenvalue weighted by molar-refractivity contribution is 7.78. The molecule has 1 unspecified atom stereocenters. The van der Waals surface area contributed by atoms with Gasteiger partial charge in [-0.3, -0.25) is 0 Å². The van der Waals surface area contributed by atoms with Gasteiger partial charge in [-0.25, -0.2) is 0 Å². The van der Waals surface area contributed by atoms with E-state index in [2.05, 4.69) is 17.2 Å². The number of allylic oxidation sites excluding steroid dienone is 3. The molecule has 1 aliphatic carbocycles. The molecular weight excluding hydrogens is 199 g/mol. The second-order valence-corrected chi connectivity index (χ2v) is 2.76. The largest absolute Gasteiger partial charge is 0.395 e. The number of isothiocyanates is 1. The van der Waals surface area contributed by atoms with Crippen LogP contribution in [0.5, 0.6) is 0 Å². The maximum Gasteiger partial charge on any atom is 0.395 e. The lowest BCUT2D eigenvalue weighted by molar-refractivity contribution is -0.160. The van der Waals surface area contributed by atoms with Gasteiger partial charge < -0.3 is 0 Å². The summed E-state index contributed by atoms with van der Waals surface area (Å²) in [6, 6.07) is 0. The van der Waals surface area contributed by atoms with Gasteiger partial charge in [0.05, 0.1) is 16.8 Å². The van der Waals surface area contributed by atoms with E-state index >= 15 is 0 Å². The second-order valence-electron chi connectivity index (χ2n) is 2.58. The summed E-state index contributed by atoms with van der Waals surface area (Å²) in [7, 11) is 0.